The molecule has 0 aromatic carbocycles. The fraction of sp³-hybridized carbons (Fsp3) is 0.750. The fourth-order valence-electron chi connectivity index (χ4n) is 0.808. The van der Waals surface area contributed by atoms with Crippen LogP contribution in [0.5, 0.6) is 0 Å². The predicted molar refractivity (Wildman–Crippen MR) is 51.6 cm³/mol. The second-order valence-electron chi connectivity index (χ2n) is 2.80. The Bertz CT molecular complexity index is 195. The van der Waals surface area contributed by atoms with Gasteiger partial charge in [-0.05, 0) is 6.92 Å². The molecule has 0 rings (SSSR count). The maximum Gasteiger partial charge on any atom is 0.240 e. The second kappa shape index (κ2) is 5.80. The number of hydrogen-bond donors (Lipinski definition) is 1. The molecule has 13 heavy (non-hydrogen) atoms. The summed E-state index contributed by atoms with van der Waals surface area (Å²) in [6.07, 6.45) is 0.308. The molecular formula is C8H15ClN2O2. The molecule has 0 aromatic heterocycles. The first kappa shape index (κ1) is 12.2. The number of hydrogen-bond acceptors (Lipinski definition) is 2. The van der Waals surface area contributed by atoms with Crippen molar-refractivity contribution < 1.29 is 9.59 Å². The second-order valence-corrected chi connectivity index (χ2v) is 3.45. The van der Waals surface area contributed by atoms with Gasteiger partial charge >= 0.3 is 0 Å². The monoisotopic (exact) mass is 206 g/mol. The van der Waals surface area contributed by atoms with Crippen LogP contribution in [0.1, 0.15) is 13.3 Å². The van der Waals surface area contributed by atoms with Crippen molar-refractivity contribution in [1.29, 1.82) is 0 Å². The summed E-state index contributed by atoms with van der Waals surface area (Å²) in [5.74, 6) is -0.243. The number of rotatable bonds is 4. The molecule has 2 amide bonds. The van der Waals surface area contributed by atoms with E-state index >= 15 is 0 Å². The van der Waals surface area contributed by atoms with Gasteiger partial charge < -0.3 is 10.2 Å². The molecule has 0 saturated carbocycles. The minimum atomic E-state index is -0.533. The first-order valence-corrected chi connectivity index (χ1v) is 4.52. The highest BCUT2D eigenvalue weighted by Gasteiger charge is 2.14. The Morgan fingerprint density at radius 3 is 2.46 bits per heavy atom. The smallest absolute Gasteiger partial charge is 0.240 e. The van der Waals surface area contributed by atoms with Gasteiger partial charge in [0.2, 0.25) is 11.8 Å². The van der Waals surface area contributed by atoms with Gasteiger partial charge in [-0.3, -0.25) is 9.59 Å². The third kappa shape index (κ3) is 4.72. The van der Waals surface area contributed by atoms with E-state index in [0.29, 0.717) is 13.0 Å². The van der Waals surface area contributed by atoms with E-state index in [9.17, 15) is 9.59 Å². The van der Waals surface area contributed by atoms with Crippen LogP contribution in [0.3, 0.4) is 0 Å². The first-order valence-electron chi connectivity index (χ1n) is 4.08. The molecule has 0 fully saturated rings. The van der Waals surface area contributed by atoms with Crippen LogP contribution in [0.25, 0.3) is 0 Å². The van der Waals surface area contributed by atoms with E-state index < -0.39 is 5.38 Å². The van der Waals surface area contributed by atoms with Gasteiger partial charge in [0, 0.05) is 27.1 Å². The molecule has 1 N–H and O–H groups in total. The summed E-state index contributed by atoms with van der Waals surface area (Å²) in [4.78, 5) is 23.5. The molecule has 76 valence electrons. The summed E-state index contributed by atoms with van der Waals surface area (Å²) in [6.45, 7) is 2.01. The SMILES string of the molecule is CNC(=O)CCN(C)C(=O)C(C)Cl. The van der Waals surface area contributed by atoms with Gasteiger partial charge in [-0.1, -0.05) is 0 Å². The standard InChI is InChI=1S/C8H15ClN2O2/c1-6(9)8(13)11(3)5-4-7(12)10-2/h6H,4-5H2,1-3H3,(H,10,12). The van der Waals surface area contributed by atoms with E-state index in [2.05, 4.69) is 5.32 Å². The third-order valence-corrected chi connectivity index (χ3v) is 1.86. The van der Waals surface area contributed by atoms with Gasteiger partial charge in [-0.25, -0.2) is 0 Å². The third-order valence-electron chi connectivity index (χ3n) is 1.67. The zero-order chi connectivity index (χ0) is 10.4. The van der Waals surface area contributed by atoms with Crippen LogP contribution < -0.4 is 5.32 Å². The molecule has 0 spiro atoms. The summed E-state index contributed by atoms with van der Waals surface area (Å²) < 4.78 is 0. The van der Waals surface area contributed by atoms with E-state index in [-0.39, 0.29) is 11.8 Å². The van der Waals surface area contributed by atoms with Crippen molar-refractivity contribution in [2.75, 3.05) is 20.6 Å². The lowest BCUT2D eigenvalue weighted by Gasteiger charge is -2.17. The largest absolute Gasteiger partial charge is 0.359 e. The molecule has 0 heterocycles. The van der Waals surface area contributed by atoms with Gasteiger partial charge in [-0.2, -0.15) is 0 Å². The van der Waals surface area contributed by atoms with Crippen LogP contribution in [-0.2, 0) is 9.59 Å². The zero-order valence-corrected chi connectivity index (χ0v) is 8.89. The molecule has 0 bridgehead atoms. The molecule has 5 heteroatoms. The highest BCUT2D eigenvalue weighted by atomic mass is 35.5. The summed E-state index contributed by atoms with van der Waals surface area (Å²) in [5, 5.41) is 1.95. The number of nitrogens with one attached hydrogen (secondary N) is 1. The Hall–Kier alpha value is -0.770. The van der Waals surface area contributed by atoms with E-state index in [4.69, 9.17) is 11.6 Å². The molecule has 1 atom stereocenters. The molecule has 0 aliphatic heterocycles. The molecular weight excluding hydrogens is 192 g/mol. The van der Waals surface area contributed by atoms with Crippen molar-refractivity contribution in [2.45, 2.75) is 18.7 Å². The lowest BCUT2D eigenvalue weighted by atomic mass is 10.3. The average molecular weight is 207 g/mol. The average Bonchev–Trinajstić information content (AvgIpc) is 2.11. The normalized spacial score (nSPS) is 12.0. The number of carbonyl (C=O) groups excluding carboxylic acids is 2. The Balaban J connectivity index is 3.81. The Morgan fingerprint density at radius 2 is 2.08 bits per heavy atom. The maximum absolute atomic E-state index is 11.2. The quantitative estimate of drug-likeness (QED) is 0.669. The van der Waals surface area contributed by atoms with Gasteiger partial charge in [0.05, 0.1) is 0 Å². The van der Waals surface area contributed by atoms with Gasteiger partial charge in [0.15, 0.2) is 0 Å². The van der Waals surface area contributed by atoms with Crippen molar-refractivity contribution in [3.8, 4) is 0 Å². The highest BCUT2D eigenvalue weighted by molar-refractivity contribution is 6.30. The summed E-state index contributed by atoms with van der Waals surface area (Å²) >= 11 is 5.58. The van der Waals surface area contributed by atoms with Crippen LogP contribution in [0.15, 0.2) is 0 Å². The Morgan fingerprint density at radius 1 is 1.54 bits per heavy atom. The molecule has 0 radical (unpaired) electrons. The molecule has 0 aliphatic carbocycles. The van der Waals surface area contributed by atoms with Gasteiger partial charge in [0.25, 0.3) is 0 Å². The number of carbonyl (C=O) groups is 2. The first-order chi connectivity index (χ1) is 5.99. The minimum absolute atomic E-state index is 0.0816. The van der Waals surface area contributed by atoms with Crippen molar-refractivity contribution in [3.63, 3.8) is 0 Å². The number of alkyl halides is 1. The Labute approximate surface area is 83.2 Å². The van der Waals surface area contributed by atoms with Crippen LogP contribution in [0.2, 0.25) is 0 Å². The van der Waals surface area contributed by atoms with E-state index in [1.165, 1.54) is 4.90 Å². The topological polar surface area (TPSA) is 49.4 Å². The summed E-state index contributed by atoms with van der Waals surface area (Å²) in [5.41, 5.74) is 0. The summed E-state index contributed by atoms with van der Waals surface area (Å²) in [7, 11) is 3.19. The lowest BCUT2D eigenvalue weighted by Crippen LogP contribution is -2.35. The zero-order valence-electron chi connectivity index (χ0n) is 8.13. The minimum Gasteiger partial charge on any atom is -0.359 e. The molecule has 4 nitrogen and oxygen atoms in total. The van der Waals surface area contributed by atoms with Gasteiger partial charge in [-0.15, -0.1) is 11.6 Å². The predicted octanol–water partition coefficient (Wildman–Crippen LogP) is 0.208. The van der Waals surface area contributed by atoms with Crippen molar-refractivity contribution in [1.82, 2.24) is 10.2 Å². The molecule has 0 aliphatic rings. The molecule has 1 unspecified atom stereocenters. The van der Waals surface area contributed by atoms with E-state index in [1.54, 1.807) is 21.0 Å². The van der Waals surface area contributed by atoms with Crippen LogP contribution in [0, 0.1) is 0 Å². The van der Waals surface area contributed by atoms with Crippen LogP contribution in [0.4, 0.5) is 0 Å². The van der Waals surface area contributed by atoms with Crippen molar-refractivity contribution in [2.24, 2.45) is 0 Å². The van der Waals surface area contributed by atoms with Crippen molar-refractivity contribution >= 4 is 23.4 Å². The molecule has 0 saturated heterocycles. The number of amides is 2. The Kier molecular flexibility index (Phi) is 5.46. The number of halogens is 1. The fourth-order valence-corrected chi connectivity index (χ4v) is 0.975. The number of nitrogens with zero attached hydrogens (tertiary/aromatic N) is 1. The maximum atomic E-state index is 11.2. The van der Waals surface area contributed by atoms with Crippen molar-refractivity contribution in [3.05, 3.63) is 0 Å². The van der Waals surface area contributed by atoms with E-state index in [0.717, 1.165) is 0 Å². The van der Waals surface area contributed by atoms with Gasteiger partial charge in [0.1, 0.15) is 5.38 Å². The summed E-state index contributed by atoms with van der Waals surface area (Å²) in [6, 6.07) is 0. The van der Waals surface area contributed by atoms with Crippen LogP contribution in [-0.4, -0.2) is 42.7 Å². The van der Waals surface area contributed by atoms with Crippen LogP contribution >= 0.6 is 11.6 Å². The molecule has 0 aromatic rings. The lowest BCUT2D eigenvalue weighted by molar-refractivity contribution is -0.129. The highest BCUT2D eigenvalue weighted by Crippen LogP contribution is 1.99. The van der Waals surface area contributed by atoms with E-state index in [1.807, 2.05) is 0 Å².